The first-order chi connectivity index (χ1) is 21.8. The van der Waals surface area contributed by atoms with Gasteiger partial charge in [-0.15, -0.1) is 0 Å². The quantitative estimate of drug-likeness (QED) is 0.187. The molecular weight excluding hydrogens is 545 g/mol. The van der Waals surface area contributed by atoms with Crippen LogP contribution in [-0.4, -0.2) is 11.3 Å². The van der Waals surface area contributed by atoms with Crippen molar-refractivity contribution in [2.45, 2.75) is 41.5 Å². The number of benzene rings is 6. The summed E-state index contributed by atoms with van der Waals surface area (Å²) < 4.78 is 9.45. The highest BCUT2D eigenvalue weighted by Gasteiger charge is 2.41. The summed E-state index contributed by atoms with van der Waals surface area (Å²) in [5.74, 6) is 1.90. The Labute approximate surface area is 265 Å². The second-order valence-corrected chi connectivity index (χ2v) is 13.3. The van der Waals surface area contributed by atoms with E-state index in [0.29, 0.717) is 0 Å². The summed E-state index contributed by atoms with van der Waals surface area (Å²) >= 11 is 0. The third-order valence-corrected chi connectivity index (χ3v) is 10.2. The van der Waals surface area contributed by atoms with E-state index in [9.17, 15) is 0 Å². The van der Waals surface area contributed by atoms with Crippen LogP contribution >= 0.6 is 0 Å². The SMILES string of the molecule is Cc1cc(C)c(-c2ccc3c(c2)B2c4c(cc(-c5c(C)cc(C)cc5C)cc4-n4c5ccccc5c5cccc2c54)O3)c(C)c1. The van der Waals surface area contributed by atoms with Gasteiger partial charge in [-0.1, -0.05) is 83.9 Å². The van der Waals surface area contributed by atoms with Crippen molar-refractivity contribution in [1.82, 2.24) is 4.57 Å². The lowest BCUT2D eigenvalue weighted by molar-refractivity contribution is 0.487. The molecule has 0 fully saturated rings. The van der Waals surface area contributed by atoms with Crippen molar-refractivity contribution in [3.05, 3.63) is 130 Å². The lowest BCUT2D eigenvalue weighted by Crippen LogP contribution is -2.58. The van der Waals surface area contributed by atoms with Crippen LogP contribution in [0.15, 0.2) is 97.1 Å². The first-order valence-electron chi connectivity index (χ1n) is 16.0. The summed E-state index contributed by atoms with van der Waals surface area (Å²) in [4.78, 5) is 0. The zero-order valence-electron chi connectivity index (χ0n) is 26.7. The molecule has 7 aromatic rings. The second kappa shape index (κ2) is 9.25. The molecule has 45 heavy (non-hydrogen) atoms. The molecule has 1 aromatic heterocycles. The van der Waals surface area contributed by atoms with Gasteiger partial charge in [-0.25, -0.2) is 0 Å². The molecule has 2 nitrogen and oxygen atoms in total. The monoisotopic (exact) mass is 579 g/mol. The van der Waals surface area contributed by atoms with Crippen molar-refractivity contribution in [2.24, 2.45) is 0 Å². The number of ether oxygens (including phenoxy) is 1. The van der Waals surface area contributed by atoms with Gasteiger partial charge in [0, 0.05) is 22.0 Å². The van der Waals surface area contributed by atoms with Crippen molar-refractivity contribution in [3.63, 3.8) is 0 Å². The summed E-state index contributed by atoms with van der Waals surface area (Å²) in [7, 11) is 0. The van der Waals surface area contributed by atoms with Gasteiger partial charge in [-0.05, 0) is 127 Å². The Morgan fingerprint density at radius 1 is 0.533 bits per heavy atom. The van der Waals surface area contributed by atoms with Crippen molar-refractivity contribution in [1.29, 1.82) is 0 Å². The molecule has 2 aliphatic rings. The summed E-state index contributed by atoms with van der Waals surface area (Å²) in [6.07, 6.45) is 0. The summed E-state index contributed by atoms with van der Waals surface area (Å²) in [5.41, 5.74) is 20.4. The van der Waals surface area contributed by atoms with Crippen molar-refractivity contribution in [2.75, 3.05) is 0 Å². The number of aromatic nitrogens is 1. The third-order valence-electron chi connectivity index (χ3n) is 10.2. The molecule has 0 aliphatic carbocycles. The van der Waals surface area contributed by atoms with Gasteiger partial charge in [0.15, 0.2) is 0 Å². The molecule has 2 aliphatic heterocycles. The van der Waals surface area contributed by atoms with Gasteiger partial charge in [0.05, 0.1) is 5.52 Å². The van der Waals surface area contributed by atoms with Crippen LogP contribution in [0.1, 0.15) is 33.4 Å². The fraction of sp³-hybridized carbons (Fsp3) is 0.143. The number of nitrogens with zero attached hydrogens (tertiary/aromatic N) is 1. The third kappa shape index (κ3) is 3.64. The summed E-state index contributed by atoms with van der Waals surface area (Å²) in [6.45, 7) is 13.4. The normalized spacial score (nSPS) is 12.8. The van der Waals surface area contributed by atoms with E-state index in [0.717, 1.165) is 11.5 Å². The Bertz CT molecular complexity index is 2380. The second-order valence-electron chi connectivity index (χ2n) is 13.3. The van der Waals surface area contributed by atoms with Gasteiger partial charge in [0.25, 0.3) is 6.71 Å². The minimum absolute atomic E-state index is 0.0690. The number of aryl methyl sites for hydroxylation is 6. The van der Waals surface area contributed by atoms with E-state index in [1.54, 1.807) is 0 Å². The first kappa shape index (κ1) is 26.4. The number of para-hydroxylation sites is 2. The summed E-state index contributed by atoms with van der Waals surface area (Å²) in [5, 5.41) is 2.59. The first-order valence-corrected chi connectivity index (χ1v) is 16.0. The molecule has 3 heteroatoms. The Hall–Kier alpha value is -5.02. The van der Waals surface area contributed by atoms with Crippen LogP contribution in [0.2, 0.25) is 0 Å². The van der Waals surface area contributed by atoms with Gasteiger partial charge < -0.3 is 9.30 Å². The van der Waals surface area contributed by atoms with E-state index in [4.69, 9.17) is 4.74 Å². The number of hydrogen-bond donors (Lipinski definition) is 0. The minimum atomic E-state index is 0.0690. The average Bonchev–Trinajstić information content (AvgIpc) is 3.33. The molecular formula is C42H34BNO. The standard InChI is InChI=1S/C42H34BNO/c1-23-16-25(3)39(26(4)17-23)29-14-15-37-34(20-29)43-33-12-9-11-32-31-10-7-8-13-35(31)44(42(32)33)36-21-30(22-38(45-37)41(36)43)40-27(5)18-24(2)19-28(40)6/h7-22H,1-6H3. The molecule has 0 N–H and O–H groups in total. The van der Waals surface area contributed by atoms with Crippen LogP contribution < -0.4 is 21.1 Å². The fourth-order valence-corrected chi connectivity index (χ4v) is 8.73. The van der Waals surface area contributed by atoms with E-state index in [2.05, 4.69) is 143 Å². The number of rotatable bonds is 2. The van der Waals surface area contributed by atoms with Crippen molar-refractivity contribution in [3.8, 4) is 39.4 Å². The number of hydrogen-bond acceptors (Lipinski definition) is 1. The molecule has 0 saturated carbocycles. The maximum Gasteiger partial charge on any atom is 0.256 e. The molecule has 0 radical (unpaired) electrons. The molecule has 6 aromatic carbocycles. The highest BCUT2D eigenvalue weighted by molar-refractivity contribution is 6.99. The lowest BCUT2D eigenvalue weighted by atomic mass is 9.34. The van der Waals surface area contributed by atoms with Gasteiger partial charge in [-0.3, -0.25) is 0 Å². The highest BCUT2D eigenvalue weighted by atomic mass is 16.5. The average molecular weight is 580 g/mol. The van der Waals surface area contributed by atoms with Crippen LogP contribution in [0, 0.1) is 41.5 Å². The fourth-order valence-electron chi connectivity index (χ4n) is 8.73. The van der Waals surface area contributed by atoms with Gasteiger partial charge in [0.1, 0.15) is 11.5 Å². The smallest absolute Gasteiger partial charge is 0.256 e. The van der Waals surface area contributed by atoms with E-state index in [-0.39, 0.29) is 6.71 Å². The van der Waals surface area contributed by atoms with Crippen LogP contribution in [-0.2, 0) is 0 Å². The highest BCUT2D eigenvalue weighted by Crippen LogP contribution is 2.41. The van der Waals surface area contributed by atoms with Crippen LogP contribution in [0.4, 0.5) is 0 Å². The van der Waals surface area contributed by atoms with Crippen LogP contribution in [0.25, 0.3) is 49.7 Å². The molecule has 0 bridgehead atoms. The van der Waals surface area contributed by atoms with E-state index in [1.807, 2.05) is 0 Å². The van der Waals surface area contributed by atoms with Crippen molar-refractivity contribution < 1.29 is 4.74 Å². The number of fused-ring (bicyclic) bond motifs is 7. The molecule has 0 amide bonds. The Balaban J connectivity index is 1.39. The molecule has 9 rings (SSSR count). The Morgan fingerprint density at radius 2 is 1.18 bits per heavy atom. The van der Waals surface area contributed by atoms with Gasteiger partial charge >= 0.3 is 0 Å². The van der Waals surface area contributed by atoms with Crippen LogP contribution in [0.3, 0.4) is 0 Å². The lowest BCUT2D eigenvalue weighted by Gasteiger charge is -2.34. The van der Waals surface area contributed by atoms with E-state index >= 15 is 0 Å². The predicted octanol–water partition coefficient (Wildman–Crippen LogP) is 8.90. The minimum Gasteiger partial charge on any atom is -0.458 e. The van der Waals surface area contributed by atoms with E-state index < -0.39 is 0 Å². The zero-order valence-corrected chi connectivity index (χ0v) is 26.7. The molecule has 216 valence electrons. The Morgan fingerprint density at radius 3 is 1.89 bits per heavy atom. The van der Waals surface area contributed by atoms with E-state index in [1.165, 1.54) is 99.5 Å². The van der Waals surface area contributed by atoms with Gasteiger partial charge in [0.2, 0.25) is 0 Å². The topological polar surface area (TPSA) is 14.2 Å². The predicted molar refractivity (Wildman–Crippen MR) is 191 cm³/mol. The zero-order chi connectivity index (χ0) is 30.7. The maximum atomic E-state index is 6.95. The van der Waals surface area contributed by atoms with Crippen molar-refractivity contribution >= 4 is 44.9 Å². The Kier molecular flexibility index (Phi) is 5.42. The largest absolute Gasteiger partial charge is 0.458 e. The molecule has 3 heterocycles. The molecule has 0 saturated heterocycles. The molecule has 0 unspecified atom stereocenters. The molecule has 0 atom stereocenters. The summed E-state index contributed by atoms with van der Waals surface area (Å²) in [6, 6.07) is 36.4. The van der Waals surface area contributed by atoms with Crippen LogP contribution in [0.5, 0.6) is 11.5 Å². The molecule has 0 spiro atoms. The maximum absolute atomic E-state index is 6.95. The van der Waals surface area contributed by atoms with Gasteiger partial charge in [-0.2, -0.15) is 0 Å².